The Morgan fingerprint density at radius 1 is 1.03 bits per heavy atom. The van der Waals surface area contributed by atoms with Gasteiger partial charge in [-0.3, -0.25) is 4.79 Å². The van der Waals surface area contributed by atoms with Crippen LogP contribution in [0, 0.1) is 23.6 Å². The SMILES string of the molecule is COC(=O)c1ccc(-c2ccc([C@H]3[C@@H]4C=CC[C@H](C)[C@H]4C(=O)N3Cc3ccccc3)c(F)c2)cc1. The number of nitrogens with zero attached hydrogens (tertiary/aromatic N) is 1. The Balaban J connectivity index is 1.50. The highest BCUT2D eigenvalue weighted by atomic mass is 19.1. The summed E-state index contributed by atoms with van der Waals surface area (Å²) < 4.78 is 20.5. The zero-order chi connectivity index (χ0) is 24.5. The summed E-state index contributed by atoms with van der Waals surface area (Å²) in [5.41, 5.74) is 3.53. The Kier molecular flexibility index (Phi) is 6.25. The minimum Gasteiger partial charge on any atom is -0.465 e. The van der Waals surface area contributed by atoms with Gasteiger partial charge in [-0.2, -0.15) is 0 Å². The van der Waals surface area contributed by atoms with Crippen LogP contribution in [-0.2, 0) is 16.1 Å². The van der Waals surface area contributed by atoms with Gasteiger partial charge >= 0.3 is 5.97 Å². The first-order chi connectivity index (χ1) is 17.0. The van der Waals surface area contributed by atoms with E-state index in [2.05, 4.69) is 19.1 Å². The van der Waals surface area contributed by atoms with Gasteiger partial charge in [0.05, 0.1) is 18.7 Å². The van der Waals surface area contributed by atoms with Gasteiger partial charge in [0, 0.05) is 23.9 Å². The van der Waals surface area contributed by atoms with Gasteiger partial charge in [0.1, 0.15) is 5.82 Å². The third-order valence-electron chi connectivity index (χ3n) is 7.32. The van der Waals surface area contributed by atoms with E-state index in [4.69, 9.17) is 4.74 Å². The Bertz CT molecular complexity index is 1270. The zero-order valence-electron chi connectivity index (χ0n) is 19.9. The van der Waals surface area contributed by atoms with Crippen molar-refractivity contribution in [2.45, 2.75) is 25.9 Å². The standard InChI is InChI=1S/C30H28FNO3/c1-19-7-6-10-25-27(19)29(33)32(18-20-8-4-3-5-9-20)28(25)24-16-15-23(17-26(24)31)21-11-13-22(14-12-21)30(34)35-2/h3-6,8-17,19,25,27-28H,7,18H2,1-2H3/t19-,25+,27+,28-/m0/s1. The summed E-state index contributed by atoms with van der Waals surface area (Å²) >= 11 is 0. The average molecular weight is 470 g/mol. The summed E-state index contributed by atoms with van der Waals surface area (Å²) in [5, 5.41) is 0. The second kappa shape index (κ2) is 9.49. The van der Waals surface area contributed by atoms with Gasteiger partial charge in [0.25, 0.3) is 0 Å². The molecule has 1 heterocycles. The fourth-order valence-electron chi connectivity index (χ4n) is 5.54. The molecular weight excluding hydrogens is 441 g/mol. The molecular formula is C30H28FNO3. The highest BCUT2D eigenvalue weighted by Crippen LogP contribution is 2.49. The lowest BCUT2D eigenvalue weighted by Gasteiger charge is -2.30. The van der Waals surface area contributed by atoms with Gasteiger partial charge in [0.2, 0.25) is 5.91 Å². The summed E-state index contributed by atoms with van der Waals surface area (Å²) in [6.45, 7) is 2.56. The number of carbonyl (C=O) groups is 2. The van der Waals surface area contributed by atoms with Crippen molar-refractivity contribution >= 4 is 11.9 Å². The van der Waals surface area contributed by atoms with Crippen molar-refractivity contribution in [3.8, 4) is 11.1 Å². The molecule has 0 aromatic heterocycles. The zero-order valence-corrected chi connectivity index (χ0v) is 19.9. The Labute approximate surface area is 205 Å². The van der Waals surface area contributed by atoms with Gasteiger partial charge in [-0.15, -0.1) is 0 Å². The molecule has 3 aromatic rings. The summed E-state index contributed by atoms with van der Waals surface area (Å²) in [6.07, 6.45) is 5.10. The summed E-state index contributed by atoms with van der Waals surface area (Å²) in [7, 11) is 1.34. The number of likely N-dealkylation sites (tertiary alicyclic amines) is 1. The minimum atomic E-state index is -0.410. The van der Waals surface area contributed by atoms with Crippen LogP contribution in [-0.4, -0.2) is 23.9 Å². The lowest BCUT2D eigenvalue weighted by atomic mass is 9.75. The number of hydrogen-bond acceptors (Lipinski definition) is 3. The molecule has 2 aliphatic rings. The molecule has 0 unspecified atom stereocenters. The molecule has 4 nitrogen and oxygen atoms in total. The van der Waals surface area contributed by atoms with Crippen LogP contribution in [0.2, 0.25) is 0 Å². The van der Waals surface area contributed by atoms with E-state index in [0.717, 1.165) is 17.5 Å². The Morgan fingerprint density at radius 2 is 1.74 bits per heavy atom. The van der Waals surface area contributed by atoms with Crippen molar-refractivity contribution in [3.05, 3.63) is 107 Å². The molecule has 1 aliphatic heterocycles. The molecule has 0 bridgehead atoms. The third-order valence-corrected chi connectivity index (χ3v) is 7.32. The van der Waals surface area contributed by atoms with E-state index >= 15 is 4.39 Å². The first kappa shape index (κ1) is 23.0. The number of carbonyl (C=O) groups excluding carboxylic acids is 2. The molecule has 178 valence electrons. The van der Waals surface area contributed by atoms with Gasteiger partial charge in [-0.1, -0.05) is 73.7 Å². The molecule has 4 atom stereocenters. The highest BCUT2D eigenvalue weighted by molar-refractivity contribution is 5.90. The van der Waals surface area contributed by atoms with Crippen molar-refractivity contribution in [3.63, 3.8) is 0 Å². The van der Waals surface area contributed by atoms with Crippen molar-refractivity contribution < 1.29 is 18.7 Å². The maximum absolute atomic E-state index is 15.7. The van der Waals surface area contributed by atoms with E-state index in [9.17, 15) is 9.59 Å². The van der Waals surface area contributed by atoms with Crippen molar-refractivity contribution in [1.29, 1.82) is 0 Å². The monoisotopic (exact) mass is 469 g/mol. The smallest absolute Gasteiger partial charge is 0.337 e. The Hall–Kier alpha value is -3.73. The molecule has 1 aliphatic carbocycles. The van der Waals surface area contributed by atoms with E-state index in [1.165, 1.54) is 13.2 Å². The quantitative estimate of drug-likeness (QED) is 0.331. The number of fused-ring (bicyclic) bond motifs is 1. The second-order valence-corrected chi connectivity index (χ2v) is 9.45. The van der Waals surface area contributed by atoms with Crippen LogP contribution < -0.4 is 0 Å². The summed E-state index contributed by atoms with van der Waals surface area (Å²) in [4.78, 5) is 27.2. The fraction of sp³-hybridized carbons (Fsp3) is 0.267. The molecule has 0 spiro atoms. The predicted molar refractivity (Wildman–Crippen MR) is 133 cm³/mol. The number of amides is 1. The van der Waals surface area contributed by atoms with E-state index in [-0.39, 0.29) is 35.5 Å². The van der Waals surface area contributed by atoms with Crippen molar-refractivity contribution in [1.82, 2.24) is 4.90 Å². The molecule has 1 fully saturated rings. The molecule has 0 saturated carbocycles. The van der Waals surface area contributed by atoms with E-state index < -0.39 is 5.97 Å². The summed E-state index contributed by atoms with van der Waals surface area (Å²) in [5.74, 6) is -0.623. The molecule has 3 aromatic carbocycles. The Morgan fingerprint density at radius 3 is 2.43 bits per heavy atom. The maximum atomic E-state index is 15.7. The lowest BCUT2D eigenvalue weighted by molar-refractivity contribution is -0.134. The molecule has 35 heavy (non-hydrogen) atoms. The van der Waals surface area contributed by atoms with Gasteiger partial charge < -0.3 is 9.64 Å². The van der Waals surface area contributed by atoms with Gasteiger partial charge in [0.15, 0.2) is 0 Å². The van der Waals surface area contributed by atoms with Crippen LogP contribution in [0.3, 0.4) is 0 Å². The molecule has 1 amide bonds. The third kappa shape index (κ3) is 4.27. The van der Waals surface area contributed by atoms with Gasteiger partial charge in [-0.25, -0.2) is 9.18 Å². The largest absolute Gasteiger partial charge is 0.465 e. The van der Waals surface area contributed by atoms with Crippen LogP contribution in [0.4, 0.5) is 4.39 Å². The number of benzene rings is 3. The molecule has 1 saturated heterocycles. The lowest BCUT2D eigenvalue weighted by Crippen LogP contribution is -2.31. The van der Waals surface area contributed by atoms with Crippen LogP contribution in [0.5, 0.6) is 0 Å². The van der Waals surface area contributed by atoms with Crippen molar-refractivity contribution in [2.24, 2.45) is 17.8 Å². The van der Waals surface area contributed by atoms with Gasteiger partial charge in [-0.05, 0) is 47.2 Å². The number of allylic oxidation sites excluding steroid dienone is 1. The number of rotatable bonds is 5. The molecule has 0 N–H and O–H groups in total. The number of ether oxygens (including phenoxy) is 1. The fourth-order valence-corrected chi connectivity index (χ4v) is 5.54. The van der Waals surface area contributed by atoms with Crippen LogP contribution in [0.25, 0.3) is 11.1 Å². The number of esters is 1. The van der Waals surface area contributed by atoms with Crippen LogP contribution in [0.1, 0.15) is 40.9 Å². The van der Waals surface area contributed by atoms with Crippen molar-refractivity contribution in [2.75, 3.05) is 7.11 Å². The van der Waals surface area contributed by atoms with Crippen LogP contribution >= 0.6 is 0 Å². The highest BCUT2D eigenvalue weighted by Gasteiger charge is 2.50. The first-order valence-corrected chi connectivity index (χ1v) is 12.0. The van der Waals surface area contributed by atoms with Crippen LogP contribution in [0.15, 0.2) is 84.9 Å². The summed E-state index contributed by atoms with van der Waals surface area (Å²) in [6, 6.07) is 21.6. The topological polar surface area (TPSA) is 46.6 Å². The minimum absolute atomic E-state index is 0.0605. The van der Waals surface area contributed by atoms with E-state index in [0.29, 0.717) is 23.2 Å². The average Bonchev–Trinajstić information content (AvgIpc) is 3.16. The number of methoxy groups -OCH3 is 1. The predicted octanol–water partition coefficient (Wildman–Crippen LogP) is 6.19. The van der Waals surface area contributed by atoms with E-state index in [1.807, 2.05) is 47.4 Å². The second-order valence-electron chi connectivity index (χ2n) is 9.45. The number of hydrogen-bond donors (Lipinski definition) is 0. The normalized spacial score (nSPS) is 23.3. The molecule has 0 radical (unpaired) electrons. The molecule has 5 rings (SSSR count). The maximum Gasteiger partial charge on any atom is 0.337 e. The number of halogens is 1. The molecule has 5 heteroatoms. The van der Waals surface area contributed by atoms with E-state index in [1.54, 1.807) is 24.3 Å². The first-order valence-electron chi connectivity index (χ1n) is 12.0.